The summed E-state index contributed by atoms with van der Waals surface area (Å²) in [4.78, 5) is 41.1. The topological polar surface area (TPSA) is 81.8 Å². The van der Waals surface area contributed by atoms with Gasteiger partial charge in [0, 0.05) is 53.6 Å². The molecule has 0 radical (unpaired) electrons. The van der Waals surface area contributed by atoms with Crippen molar-refractivity contribution in [3.8, 4) is 0 Å². The van der Waals surface area contributed by atoms with Crippen LogP contribution in [0, 0.1) is 0 Å². The number of carbonyl (C=O) groups is 3. The van der Waals surface area contributed by atoms with E-state index in [9.17, 15) is 14.4 Å². The molecule has 3 rings (SSSR count). The number of benzene rings is 2. The molecule has 1 fully saturated rings. The highest BCUT2D eigenvalue weighted by Crippen LogP contribution is 2.20. The molecule has 7 nitrogen and oxygen atoms in total. The van der Waals surface area contributed by atoms with E-state index in [0.29, 0.717) is 42.3 Å². The van der Waals surface area contributed by atoms with Crippen LogP contribution in [0.2, 0.25) is 5.02 Å². The molecule has 2 N–H and O–H groups in total. The van der Waals surface area contributed by atoms with Gasteiger partial charge in [0.2, 0.25) is 5.91 Å². The fraction of sp³-hybridized carbons (Fsp3) is 0.375. The molecule has 2 aromatic rings. The first kappa shape index (κ1) is 23.6. The van der Waals surface area contributed by atoms with Gasteiger partial charge in [-0.2, -0.15) is 0 Å². The van der Waals surface area contributed by atoms with Crippen molar-refractivity contribution in [1.82, 2.24) is 15.5 Å². The maximum atomic E-state index is 12.5. The van der Waals surface area contributed by atoms with Crippen molar-refractivity contribution in [1.29, 1.82) is 0 Å². The molecule has 1 aliphatic rings. The van der Waals surface area contributed by atoms with Gasteiger partial charge in [-0.05, 0) is 63.2 Å². The molecule has 0 bridgehead atoms. The first-order chi connectivity index (χ1) is 15.1. The van der Waals surface area contributed by atoms with E-state index >= 15 is 0 Å². The van der Waals surface area contributed by atoms with Crippen LogP contribution in [-0.4, -0.2) is 60.9 Å². The first-order valence-corrected chi connectivity index (χ1v) is 11.0. The van der Waals surface area contributed by atoms with Crippen molar-refractivity contribution in [3.05, 3.63) is 64.7 Å². The molecule has 1 aliphatic heterocycles. The van der Waals surface area contributed by atoms with Crippen LogP contribution < -0.4 is 15.5 Å². The number of hydrogen-bond donors (Lipinski definition) is 2. The summed E-state index contributed by atoms with van der Waals surface area (Å²) < 4.78 is 0. The fourth-order valence-corrected chi connectivity index (χ4v) is 3.63. The van der Waals surface area contributed by atoms with E-state index in [1.54, 1.807) is 29.2 Å². The Morgan fingerprint density at radius 3 is 2.06 bits per heavy atom. The standard InChI is InChI=1S/C24H29ClN4O3/c1-24(2,3)27-23(32)18-9-7-17(8-10-18)22(31)26-16-21(30)29-13-11-28(12-14-29)20-6-4-5-19(25)15-20/h4-10,15H,11-14,16H2,1-3H3,(H,26,31)(H,27,32). The lowest BCUT2D eigenvalue weighted by Gasteiger charge is -2.36. The first-order valence-electron chi connectivity index (χ1n) is 10.6. The number of amides is 3. The fourth-order valence-electron chi connectivity index (χ4n) is 3.44. The summed E-state index contributed by atoms with van der Waals surface area (Å²) in [5.41, 5.74) is 1.58. The van der Waals surface area contributed by atoms with Crippen molar-refractivity contribution in [2.24, 2.45) is 0 Å². The minimum Gasteiger partial charge on any atom is -0.368 e. The van der Waals surface area contributed by atoms with Gasteiger partial charge in [0.25, 0.3) is 11.8 Å². The number of hydrogen-bond acceptors (Lipinski definition) is 4. The van der Waals surface area contributed by atoms with Crippen LogP contribution in [0.15, 0.2) is 48.5 Å². The van der Waals surface area contributed by atoms with E-state index in [0.717, 1.165) is 5.69 Å². The van der Waals surface area contributed by atoms with Crippen LogP contribution in [0.25, 0.3) is 0 Å². The smallest absolute Gasteiger partial charge is 0.251 e. The Kier molecular flexibility index (Phi) is 7.40. The second-order valence-electron chi connectivity index (χ2n) is 8.81. The average molecular weight is 457 g/mol. The highest BCUT2D eigenvalue weighted by atomic mass is 35.5. The Morgan fingerprint density at radius 1 is 0.906 bits per heavy atom. The lowest BCUT2D eigenvalue weighted by atomic mass is 10.1. The van der Waals surface area contributed by atoms with Crippen LogP contribution in [0.1, 0.15) is 41.5 Å². The molecular formula is C24H29ClN4O3. The summed E-state index contributed by atoms with van der Waals surface area (Å²) in [7, 11) is 0. The predicted octanol–water partition coefficient (Wildman–Crippen LogP) is 2.95. The summed E-state index contributed by atoms with van der Waals surface area (Å²) in [6.07, 6.45) is 0. The Hall–Kier alpha value is -3.06. The van der Waals surface area contributed by atoms with E-state index in [1.807, 2.05) is 45.0 Å². The zero-order chi connectivity index (χ0) is 23.3. The van der Waals surface area contributed by atoms with Gasteiger partial charge in [0.05, 0.1) is 6.54 Å². The van der Waals surface area contributed by atoms with Gasteiger partial charge in [-0.3, -0.25) is 14.4 Å². The van der Waals surface area contributed by atoms with Crippen LogP contribution in [0.4, 0.5) is 5.69 Å². The van der Waals surface area contributed by atoms with Gasteiger partial charge in [0.1, 0.15) is 0 Å². The predicted molar refractivity (Wildman–Crippen MR) is 126 cm³/mol. The number of rotatable bonds is 5. The molecule has 8 heteroatoms. The maximum Gasteiger partial charge on any atom is 0.251 e. The van der Waals surface area contributed by atoms with Crippen molar-refractivity contribution >= 4 is 35.0 Å². The van der Waals surface area contributed by atoms with Crippen LogP contribution in [0.3, 0.4) is 0 Å². The zero-order valence-corrected chi connectivity index (χ0v) is 19.4. The van der Waals surface area contributed by atoms with Crippen LogP contribution >= 0.6 is 11.6 Å². The normalized spacial score (nSPS) is 14.1. The lowest BCUT2D eigenvalue weighted by Crippen LogP contribution is -2.51. The molecule has 170 valence electrons. The third kappa shape index (κ3) is 6.47. The Balaban J connectivity index is 1.47. The van der Waals surface area contributed by atoms with Gasteiger partial charge in [-0.1, -0.05) is 17.7 Å². The van der Waals surface area contributed by atoms with Gasteiger partial charge in [-0.25, -0.2) is 0 Å². The molecule has 2 aromatic carbocycles. The third-order valence-corrected chi connectivity index (χ3v) is 5.34. The van der Waals surface area contributed by atoms with Gasteiger partial charge < -0.3 is 20.4 Å². The third-order valence-electron chi connectivity index (χ3n) is 5.10. The highest BCUT2D eigenvalue weighted by molar-refractivity contribution is 6.30. The zero-order valence-electron chi connectivity index (χ0n) is 18.7. The van der Waals surface area contributed by atoms with Crippen molar-refractivity contribution in [2.45, 2.75) is 26.3 Å². The minimum atomic E-state index is -0.348. The number of nitrogens with zero attached hydrogens (tertiary/aromatic N) is 2. The molecule has 0 spiro atoms. The van der Waals surface area contributed by atoms with Crippen LogP contribution in [0.5, 0.6) is 0 Å². The summed E-state index contributed by atoms with van der Waals surface area (Å²) in [5, 5.41) is 6.24. The van der Waals surface area contributed by atoms with Gasteiger partial charge >= 0.3 is 0 Å². The Labute approximate surface area is 193 Å². The molecule has 0 saturated carbocycles. The minimum absolute atomic E-state index is 0.0672. The monoisotopic (exact) mass is 456 g/mol. The van der Waals surface area contributed by atoms with Crippen LogP contribution in [-0.2, 0) is 4.79 Å². The van der Waals surface area contributed by atoms with Gasteiger partial charge in [0.15, 0.2) is 0 Å². The lowest BCUT2D eigenvalue weighted by molar-refractivity contribution is -0.130. The summed E-state index contributed by atoms with van der Waals surface area (Å²) in [6, 6.07) is 14.0. The molecule has 1 heterocycles. The molecule has 32 heavy (non-hydrogen) atoms. The van der Waals surface area contributed by atoms with Crippen molar-refractivity contribution in [3.63, 3.8) is 0 Å². The second-order valence-corrected chi connectivity index (χ2v) is 9.25. The summed E-state index contributed by atoms with van der Waals surface area (Å²) in [6.45, 7) is 8.22. The van der Waals surface area contributed by atoms with Crippen molar-refractivity contribution < 1.29 is 14.4 Å². The highest BCUT2D eigenvalue weighted by Gasteiger charge is 2.22. The number of carbonyl (C=O) groups excluding carboxylic acids is 3. The SMILES string of the molecule is CC(C)(C)NC(=O)c1ccc(C(=O)NCC(=O)N2CCN(c3cccc(Cl)c3)CC2)cc1. The summed E-state index contributed by atoms with van der Waals surface area (Å²) in [5.74, 6) is -0.666. The molecule has 0 atom stereocenters. The molecule has 0 unspecified atom stereocenters. The number of halogens is 1. The number of anilines is 1. The Bertz CT molecular complexity index is 977. The van der Waals surface area contributed by atoms with E-state index < -0.39 is 0 Å². The Morgan fingerprint density at radius 2 is 1.50 bits per heavy atom. The largest absolute Gasteiger partial charge is 0.368 e. The maximum absolute atomic E-state index is 12.5. The quantitative estimate of drug-likeness (QED) is 0.724. The van der Waals surface area contributed by atoms with Crippen molar-refractivity contribution in [2.75, 3.05) is 37.6 Å². The molecule has 3 amide bonds. The molecule has 0 aliphatic carbocycles. The second kappa shape index (κ2) is 10.0. The number of piperazine rings is 1. The number of nitrogens with one attached hydrogen (secondary N) is 2. The average Bonchev–Trinajstić information content (AvgIpc) is 2.76. The van der Waals surface area contributed by atoms with Gasteiger partial charge in [-0.15, -0.1) is 0 Å². The van der Waals surface area contributed by atoms with E-state index in [4.69, 9.17) is 11.6 Å². The molecule has 0 aromatic heterocycles. The molecular weight excluding hydrogens is 428 g/mol. The van der Waals surface area contributed by atoms with E-state index in [-0.39, 0.29) is 29.8 Å². The summed E-state index contributed by atoms with van der Waals surface area (Å²) >= 11 is 6.06. The molecule has 1 saturated heterocycles. The van der Waals surface area contributed by atoms with E-state index in [1.165, 1.54) is 0 Å². The van der Waals surface area contributed by atoms with E-state index in [2.05, 4.69) is 15.5 Å².